The van der Waals surface area contributed by atoms with Gasteiger partial charge < -0.3 is 4.90 Å². The molecule has 0 bridgehead atoms. The zero-order valence-electron chi connectivity index (χ0n) is 7.00. The van der Waals surface area contributed by atoms with Gasteiger partial charge in [0.1, 0.15) is 0 Å². The molecule has 0 N–H and O–H groups in total. The van der Waals surface area contributed by atoms with Gasteiger partial charge in [0.05, 0.1) is 11.4 Å². The van der Waals surface area contributed by atoms with Gasteiger partial charge in [-0.2, -0.15) is 0 Å². The fourth-order valence-corrected chi connectivity index (χ4v) is 2.38. The third-order valence-electron chi connectivity index (χ3n) is 1.33. The Labute approximate surface area is 84.3 Å². The van der Waals surface area contributed by atoms with E-state index in [2.05, 4.69) is 15.9 Å². The summed E-state index contributed by atoms with van der Waals surface area (Å²) in [6.07, 6.45) is 0. The Morgan fingerprint density at radius 3 is 2.75 bits per heavy atom. The molecular formula is C8H10BrNOS. The molecule has 4 heteroatoms. The highest BCUT2D eigenvalue weighted by molar-refractivity contribution is 9.10. The van der Waals surface area contributed by atoms with Crippen molar-refractivity contribution in [3.8, 4) is 0 Å². The smallest absolute Gasteiger partial charge is 0.187 e. The number of nitrogens with zero attached hydrogens (tertiary/aromatic N) is 1. The van der Waals surface area contributed by atoms with Crippen molar-refractivity contribution in [2.24, 2.45) is 0 Å². The largest absolute Gasteiger partial charge is 0.302 e. The number of thiophene rings is 1. The Morgan fingerprint density at radius 1 is 1.67 bits per heavy atom. The van der Waals surface area contributed by atoms with Crippen molar-refractivity contribution in [2.45, 2.75) is 0 Å². The van der Waals surface area contributed by atoms with Crippen molar-refractivity contribution in [1.29, 1.82) is 0 Å². The van der Waals surface area contributed by atoms with Crippen LogP contribution in [0.15, 0.2) is 15.9 Å². The van der Waals surface area contributed by atoms with Crippen LogP contribution < -0.4 is 0 Å². The molecule has 12 heavy (non-hydrogen) atoms. The van der Waals surface area contributed by atoms with Crippen molar-refractivity contribution in [3.05, 3.63) is 20.8 Å². The van der Waals surface area contributed by atoms with Gasteiger partial charge >= 0.3 is 0 Å². The Hall–Kier alpha value is -0.190. The topological polar surface area (TPSA) is 20.3 Å². The molecule has 1 aromatic rings. The number of ketones is 1. The zero-order chi connectivity index (χ0) is 9.14. The lowest BCUT2D eigenvalue weighted by Gasteiger charge is -2.06. The predicted molar refractivity (Wildman–Crippen MR) is 54.9 cm³/mol. The minimum absolute atomic E-state index is 0.168. The Balaban J connectivity index is 2.72. The van der Waals surface area contributed by atoms with Crippen molar-refractivity contribution in [3.63, 3.8) is 0 Å². The minimum Gasteiger partial charge on any atom is -0.302 e. The van der Waals surface area contributed by atoms with Gasteiger partial charge in [-0.3, -0.25) is 4.79 Å². The highest BCUT2D eigenvalue weighted by Crippen LogP contribution is 2.22. The quantitative estimate of drug-likeness (QED) is 0.765. The summed E-state index contributed by atoms with van der Waals surface area (Å²) >= 11 is 4.80. The average molecular weight is 248 g/mol. The Bertz CT molecular complexity index is 282. The molecule has 0 spiro atoms. The number of likely N-dealkylation sites (N-methyl/N-ethyl adjacent to an activating group) is 1. The van der Waals surface area contributed by atoms with Crippen molar-refractivity contribution < 1.29 is 4.79 Å². The summed E-state index contributed by atoms with van der Waals surface area (Å²) in [5, 5.41) is 1.91. The van der Waals surface area contributed by atoms with Crippen LogP contribution in [0.25, 0.3) is 0 Å². The summed E-state index contributed by atoms with van der Waals surface area (Å²) in [6.45, 7) is 0.471. The third-order valence-corrected chi connectivity index (χ3v) is 3.21. The van der Waals surface area contributed by atoms with Gasteiger partial charge in [-0.05, 0) is 41.5 Å². The lowest BCUT2D eigenvalue weighted by molar-refractivity contribution is 0.0961. The molecular weight excluding hydrogens is 238 g/mol. The molecule has 0 saturated carbocycles. The van der Waals surface area contributed by atoms with Gasteiger partial charge in [0.25, 0.3) is 0 Å². The molecule has 0 atom stereocenters. The van der Waals surface area contributed by atoms with E-state index in [4.69, 9.17) is 0 Å². The third kappa shape index (κ3) is 2.40. The zero-order valence-corrected chi connectivity index (χ0v) is 9.41. The summed E-state index contributed by atoms with van der Waals surface area (Å²) in [4.78, 5) is 14.2. The van der Waals surface area contributed by atoms with Crippen LogP contribution in [0.1, 0.15) is 9.67 Å². The molecule has 1 heterocycles. The lowest BCUT2D eigenvalue weighted by Crippen LogP contribution is -2.21. The number of rotatable bonds is 3. The van der Waals surface area contributed by atoms with Gasteiger partial charge in [-0.15, -0.1) is 11.3 Å². The molecule has 0 unspecified atom stereocenters. The summed E-state index contributed by atoms with van der Waals surface area (Å²) in [7, 11) is 3.78. The first-order valence-corrected chi connectivity index (χ1v) is 5.19. The molecule has 0 aliphatic rings. The van der Waals surface area contributed by atoms with Crippen LogP contribution >= 0.6 is 27.3 Å². The maximum Gasteiger partial charge on any atom is 0.187 e. The van der Waals surface area contributed by atoms with Crippen LogP contribution in [0.2, 0.25) is 0 Å². The van der Waals surface area contributed by atoms with E-state index in [1.807, 2.05) is 30.4 Å². The van der Waals surface area contributed by atoms with E-state index in [0.29, 0.717) is 6.54 Å². The molecule has 0 fully saturated rings. The van der Waals surface area contributed by atoms with Gasteiger partial charge in [0.15, 0.2) is 5.78 Å². The number of carbonyl (C=O) groups is 1. The highest BCUT2D eigenvalue weighted by Gasteiger charge is 2.11. The van der Waals surface area contributed by atoms with Crippen molar-refractivity contribution in [2.75, 3.05) is 20.6 Å². The van der Waals surface area contributed by atoms with Crippen LogP contribution in [0.3, 0.4) is 0 Å². The van der Waals surface area contributed by atoms with Crippen molar-refractivity contribution in [1.82, 2.24) is 4.90 Å². The number of carbonyl (C=O) groups excluding carboxylic acids is 1. The van der Waals surface area contributed by atoms with Gasteiger partial charge in [0.2, 0.25) is 0 Å². The molecule has 2 nitrogen and oxygen atoms in total. The Kier molecular flexibility index (Phi) is 3.43. The normalized spacial score (nSPS) is 10.7. The molecule has 0 aliphatic carbocycles. The second-order valence-corrected chi connectivity index (χ2v) is 4.53. The second-order valence-electron chi connectivity index (χ2n) is 2.76. The number of hydrogen-bond acceptors (Lipinski definition) is 3. The van der Waals surface area contributed by atoms with Gasteiger partial charge in [0, 0.05) is 4.47 Å². The van der Waals surface area contributed by atoms with E-state index in [1.165, 1.54) is 11.3 Å². The average Bonchev–Trinajstić information content (AvgIpc) is 2.33. The standard InChI is InChI=1S/C8H10BrNOS/c1-10(2)5-7(11)8-6(9)3-4-12-8/h3-4H,5H2,1-2H3. The molecule has 0 aromatic carbocycles. The van der Waals surface area contributed by atoms with E-state index in [1.54, 1.807) is 0 Å². The van der Waals surface area contributed by atoms with E-state index >= 15 is 0 Å². The highest BCUT2D eigenvalue weighted by atomic mass is 79.9. The monoisotopic (exact) mass is 247 g/mol. The van der Waals surface area contributed by atoms with E-state index in [0.717, 1.165) is 9.35 Å². The van der Waals surface area contributed by atoms with Gasteiger partial charge in [-0.1, -0.05) is 0 Å². The van der Waals surface area contributed by atoms with Crippen LogP contribution in [-0.2, 0) is 0 Å². The SMILES string of the molecule is CN(C)CC(=O)c1sccc1Br. The Morgan fingerprint density at radius 2 is 2.33 bits per heavy atom. The maximum atomic E-state index is 11.5. The molecule has 1 rings (SSSR count). The molecule has 0 saturated heterocycles. The predicted octanol–water partition coefficient (Wildman–Crippen LogP) is 2.25. The maximum absolute atomic E-state index is 11.5. The first-order valence-electron chi connectivity index (χ1n) is 3.52. The fourth-order valence-electron chi connectivity index (χ4n) is 0.852. The molecule has 0 aliphatic heterocycles. The van der Waals surface area contributed by atoms with Crippen molar-refractivity contribution >= 4 is 33.0 Å². The molecule has 66 valence electrons. The number of hydrogen-bond donors (Lipinski definition) is 0. The van der Waals surface area contributed by atoms with Crippen LogP contribution in [0.4, 0.5) is 0 Å². The van der Waals surface area contributed by atoms with Crippen LogP contribution in [0, 0.1) is 0 Å². The summed E-state index contributed by atoms with van der Waals surface area (Å²) in [6, 6.07) is 1.90. The number of Topliss-reactive ketones (excluding diaryl/α,β-unsaturated/α-hetero) is 1. The first kappa shape index (κ1) is 9.89. The summed E-state index contributed by atoms with van der Waals surface area (Å²) in [5.41, 5.74) is 0. The number of halogens is 1. The first-order chi connectivity index (χ1) is 5.61. The van der Waals surface area contributed by atoms with E-state index in [-0.39, 0.29) is 5.78 Å². The molecule has 1 aromatic heterocycles. The fraction of sp³-hybridized carbons (Fsp3) is 0.375. The molecule has 0 amide bonds. The lowest BCUT2D eigenvalue weighted by atomic mass is 10.3. The molecule has 0 radical (unpaired) electrons. The van der Waals surface area contributed by atoms with E-state index < -0.39 is 0 Å². The second kappa shape index (κ2) is 4.16. The van der Waals surface area contributed by atoms with E-state index in [9.17, 15) is 4.79 Å². The minimum atomic E-state index is 0.168. The van der Waals surface area contributed by atoms with Crippen LogP contribution in [-0.4, -0.2) is 31.3 Å². The van der Waals surface area contributed by atoms with Gasteiger partial charge in [-0.25, -0.2) is 0 Å². The summed E-state index contributed by atoms with van der Waals surface area (Å²) in [5.74, 6) is 0.168. The van der Waals surface area contributed by atoms with Crippen LogP contribution in [0.5, 0.6) is 0 Å². The summed E-state index contributed by atoms with van der Waals surface area (Å²) < 4.78 is 0.902.